The summed E-state index contributed by atoms with van der Waals surface area (Å²) in [6.07, 6.45) is 2.03. The monoisotopic (exact) mass is 331 g/mol. The number of piperidine rings is 1. The number of aryl methyl sites for hydroxylation is 2. The molecular weight excluding hydrogens is 298 g/mol. The molecular formula is C20H33N3O. The van der Waals surface area contributed by atoms with Crippen LogP contribution in [0.15, 0.2) is 18.2 Å². The van der Waals surface area contributed by atoms with Gasteiger partial charge in [0.15, 0.2) is 0 Å². The van der Waals surface area contributed by atoms with Crippen molar-refractivity contribution in [1.82, 2.24) is 15.5 Å². The number of nitrogens with one attached hydrogen (secondary N) is 2. The predicted molar refractivity (Wildman–Crippen MR) is 100 cm³/mol. The molecule has 1 unspecified atom stereocenters. The van der Waals surface area contributed by atoms with E-state index in [2.05, 4.69) is 68.4 Å². The van der Waals surface area contributed by atoms with Crippen molar-refractivity contribution in [3.05, 3.63) is 34.9 Å². The Bertz CT molecular complexity index is 548. The summed E-state index contributed by atoms with van der Waals surface area (Å²) in [4.78, 5) is 14.8. The lowest BCUT2D eigenvalue weighted by atomic mass is 9.98. The number of amides is 2. The van der Waals surface area contributed by atoms with Gasteiger partial charge in [0.1, 0.15) is 0 Å². The Kier molecular flexibility index (Phi) is 5.92. The lowest BCUT2D eigenvalue weighted by Gasteiger charge is -2.41. The van der Waals surface area contributed by atoms with Crippen LogP contribution in [0.25, 0.3) is 0 Å². The summed E-state index contributed by atoms with van der Waals surface area (Å²) < 4.78 is 0. The average Bonchev–Trinajstić information content (AvgIpc) is 2.45. The van der Waals surface area contributed by atoms with E-state index in [9.17, 15) is 4.79 Å². The Hall–Kier alpha value is -1.55. The SMILES string of the molecule is Cc1cc(C)cc(C(C)NC(=O)NC2CCN(C(C)(C)C)CC2)c1. The van der Waals surface area contributed by atoms with Gasteiger partial charge in [-0.05, 0) is 59.9 Å². The number of rotatable bonds is 3. The molecule has 0 saturated carbocycles. The summed E-state index contributed by atoms with van der Waals surface area (Å²) in [6, 6.07) is 6.66. The zero-order valence-corrected chi connectivity index (χ0v) is 16.1. The Morgan fingerprint density at radius 3 is 2.17 bits per heavy atom. The molecule has 1 saturated heterocycles. The van der Waals surface area contributed by atoms with Crippen LogP contribution in [-0.4, -0.2) is 35.6 Å². The third-order valence-corrected chi connectivity index (χ3v) is 4.87. The Balaban J connectivity index is 1.83. The number of benzene rings is 1. The van der Waals surface area contributed by atoms with Crippen LogP contribution in [0.4, 0.5) is 4.79 Å². The Labute approximate surface area is 147 Å². The van der Waals surface area contributed by atoms with Crippen molar-refractivity contribution in [2.75, 3.05) is 13.1 Å². The van der Waals surface area contributed by atoms with Crippen molar-refractivity contribution >= 4 is 6.03 Å². The first-order chi connectivity index (χ1) is 11.1. The van der Waals surface area contributed by atoms with E-state index < -0.39 is 0 Å². The maximum absolute atomic E-state index is 12.3. The molecule has 4 heteroatoms. The van der Waals surface area contributed by atoms with Crippen LogP contribution < -0.4 is 10.6 Å². The van der Waals surface area contributed by atoms with E-state index in [1.54, 1.807) is 0 Å². The maximum atomic E-state index is 12.3. The summed E-state index contributed by atoms with van der Waals surface area (Å²) >= 11 is 0. The van der Waals surface area contributed by atoms with Crippen LogP contribution in [0.5, 0.6) is 0 Å². The van der Waals surface area contributed by atoms with E-state index >= 15 is 0 Å². The average molecular weight is 332 g/mol. The standard InChI is InChI=1S/C20H33N3O/c1-14-11-15(2)13-17(12-14)16(3)21-19(24)22-18-7-9-23(10-8-18)20(4,5)6/h11-13,16,18H,7-10H2,1-6H3,(H2,21,22,24). The number of likely N-dealkylation sites (tertiary alicyclic amines) is 1. The summed E-state index contributed by atoms with van der Waals surface area (Å²) in [5.41, 5.74) is 3.83. The van der Waals surface area contributed by atoms with Gasteiger partial charge >= 0.3 is 6.03 Å². The summed E-state index contributed by atoms with van der Waals surface area (Å²) in [7, 11) is 0. The van der Waals surface area contributed by atoms with Gasteiger partial charge in [-0.2, -0.15) is 0 Å². The molecule has 0 radical (unpaired) electrons. The third kappa shape index (κ3) is 5.23. The molecule has 0 aromatic heterocycles. The smallest absolute Gasteiger partial charge is 0.315 e. The van der Waals surface area contributed by atoms with Crippen molar-refractivity contribution < 1.29 is 4.79 Å². The minimum absolute atomic E-state index is 0.0123. The van der Waals surface area contributed by atoms with Crippen molar-refractivity contribution in [1.29, 1.82) is 0 Å². The maximum Gasteiger partial charge on any atom is 0.315 e. The first-order valence-electron chi connectivity index (χ1n) is 9.05. The van der Waals surface area contributed by atoms with Gasteiger partial charge in [0.2, 0.25) is 0 Å². The lowest BCUT2D eigenvalue weighted by molar-refractivity contribution is 0.0977. The fraction of sp³-hybridized carbons (Fsp3) is 0.650. The largest absolute Gasteiger partial charge is 0.335 e. The van der Waals surface area contributed by atoms with Gasteiger partial charge in [-0.1, -0.05) is 29.3 Å². The normalized spacial score (nSPS) is 18.2. The summed E-state index contributed by atoms with van der Waals surface area (Å²) in [6.45, 7) is 15.0. The van der Waals surface area contributed by atoms with Crippen molar-refractivity contribution in [3.8, 4) is 0 Å². The topological polar surface area (TPSA) is 44.4 Å². The van der Waals surface area contributed by atoms with Crippen LogP contribution in [0.2, 0.25) is 0 Å². The molecule has 4 nitrogen and oxygen atoms in total. The highest BCUT2D eigenvalue weighted by Crippen LogP contribution is 2.20. The van der Waals surface area contributed by atoms with Gasteiger partial charge in [0, 0.05) is 24.7 Å². The van der Waals surface area contributed by atoms with Crippen LogP contribution in [0, 0.1) is 13.8 Å². The fourth-order valence-corrected chi connectivity index (χ4v) is 3.46. The van der Waals surface area contributed by atoms with Crippen LogP contribution in [0.3, 0.4) is 0 Å². The van der Waals surface area contributed by atoms with Crippen molar-refractivity contribution in [2.24, 2.45) is 0 Å². The third-order valence-electron chi connectivity index (χ3n) is 4.87. The minimum atomic E-state index is -0.0594. The quantitative estimate of drug-likeness (QED) is 0.881. The molecule has 1 aliphatic heterocycles. The zero-order chi connectivity index (χ0) is 17.9. The summed E-state index contributed by atoms with van der Waals surface area (Å²) in [5.74, 6) is 0. The van der Waals surface area contributed by atoms with Gasteiger partial charge in [0.05, 0.1) is 6.04 Å². The molecule has 134 valence electrons. The minimum Gasteiger partial charge on any atom is -0.335 e. The molecule has 1 fully saturated rings. The highest BCUT2D eigenvalue weighted by atomic mass is 16.2. The molecule has 1 aromatic rings. The van der Waals surface area contributed by atoms with E-state index in [0.717, 1.165) is 31.5 Å². The number of hydrogen-bond acceptors (Lipinski definition) is 2. The second kappa shape index (κ2) is 7.56. The van der Waals surface area contributed by atoms with Crippen LogP contribution in [-0.2, 0) is 0 Å². The Morgan fingerprint density at radius 1 is 1.12 bits per heavy atom. The molecule has 1 aromatic carbocycles. The number of urea groups is 1. The molecule has 0 spiro atoms. The molecule has 0 aliphatic carbocycles. The first-order valence-corrected chi connectivity index (χ1v) is 9.05. The van der Waals surface area contributed by atoms with Gasteiger partial charge < -0.3 is 10.6 Å². The van der Waals surface area contributed by atoms with E-state index in [1.807, 2.05) is 6.92 Å². The zero-order valence-electron chi connectivity index (χ0n) is 16.1. The number of carbonyl (C=O) groups is 1. The second-order valence-corrected chi connectivity index (χ2v) is 8.19. The van der Waals surface area contributed by atoms with Gasteiger partial charge in [-0.3, -0.25) is 4.90 Å². The molecule has 24 heavy (non-hydrogen) atoms. The molecule has 2 N–H and O–H groups in total. The van der Waals surface area contributed by atoms with E-state index in [0.29, 0.717) is 0 Å². The first kappa shape index (κ1) is 18.8. The fourth-order valence-electron chi connectivity index (χ4n) is 3.46. The van der Waals surface area contributed by atoms with Crippen molar-refractivity contribution in [3.63, 3.8) is 0 Å². The lowest BCUT2D eigenvalue weighted by Crippen LogP contribution is -2.52. The van der Waals surface area contributed by atoms with Crippen molar-refractivity contribution in [2.45, 2.75) is 72.0 Å². The summed E-state index contributed by atoms with van der Waals surface area (Å²) in [5, 5.41) is 6.22. The van der Waals surface area contributed by atoms with E-state index in [1.165, 1.54) is 11.1 Å². The highest BCUT2D eigenvalue weighted by molar-refractivity contribution is 5.74. The Morgan fingerprint density at radius 2 is 1.67 bits per heavy atom. The van der Waals surface area contributed by atoms with Gasteiger partial charge in [-0.15, -0.1) is 0 Å². The molecule has 1 heterocycles. The number of hydrogen-bond donors (Lipinski definition) is 2. The number of nitrogens with zero attached hydrogens (tertiary/aromatic N) is 1. The highest BCUT2D eigenvalue weighted by Gasteiger charge is 2.27. The second-order valence-electron chi connectivity index (χ2n) is 8.19. The molecule has 0 bridgehead atoms. The van der Waals surface area contributed by atoms with Crippen LogP contribution >= 0.6 is 0 Å². The van der Waals surface area contributed by atoms with Crippen LogP contribution in [0.1, 0.15) is 63.3 Å². The predicted octanol–water partition coefficient (Wildman–Crippen LogP) is 3.93. The molecule has 2 amide bonds. The van der Waals surface area contributed by atoms with E-state index in [-0.39, 0.29) is 23.7 Å². The molecule has 1 atom stereocenters. The molecule has 1 aliphatic rings. The number of carbonyl (C=O) groups excluding carboxylic acids is 1. The molecule has 2 rings (SSSR count). The van der Waals surface area contributed by atoms with E-state index in [4.69, 9.17) is 0 Å². The van der Waals surface area contributed by atoms with Gasteiger partial charge in [-0.25, -0.2) is 4.79 Å². The van der Waals surface area contributed by atoms with Gasteiger partial charge in [0.25, 0.3) is 0 Å².